The van der Waals surface area contributed by atoms with Crippen LogP contribution in [0.25, 0.3) is 10.1 Å². The quantitative estimate of drug-likeness (QED) is 0.870. The molecule has 1 aromatic heterocycles. The molecule has 0 amide bonds. The summed E-state index contributed by atoms with van der Waals surface area (Å²) in [5.74, 6) is -0.280. The summed E-state index contributed by atoms with van der Waals surface area (Å²) in [6, 6.07) is 6.37. The van der Waals surface area contributed by atoms with Gasteiger partial charge in [-0.1, -0.05) is 0 Å². The molecule has 86 valence electrons. The molecule has 0 atom stereocenters. The molecule has 0 aliphatic heterocycles. The number of halogens is 3. The molecule has 1 nitrogen and oxygen atoms in total. The van der Waals surface area contributed by atoms with E-state index in [1.165, 1.54) is 23.5 Å². The lowest BCUT2D eigenvalue weighted by Crippen LogP contribution is -2.19. The lowest BCUT2D eigenvalue weighted by Gasteiger charge is -2.00. The van der Waals surface area contributed by atoms with Crippen molar-refractivity contribution in [3.8, 4) is 0 Å². The summed E-state index contributed by atoms with van der Waals surface area (Å²) in [5.41, 5.74) is 0. The minimum atomic E-state index is -2.34. The second-order valence-corrected chi connectivity index (χ2v) is 4.59. The Morgan fingerprint density at radius 2 is 2.06 bits per heavy atom. The maximum absolute atomic E-state index is 12.9. The first-order valence-electron chi connectivity index (χ1n) is 4.82. The largest absolute Gasteiger partial charge is 0.306 e. The first-order chi connectivity index (χ1) is 7.65. The Morgan fingerprint density at radius 1 is 1.25 bits per heavy atom. The first kappa shape index (κ1) is 11.4. The zero-order valence-corrected chi connectivity index (χ0v) is 9.16. The molecule has 0 fully saturated rings. The average molecular weight is 245 g/mol. The summed E-state index contributed by atoms with van der Waals surface area (Å²) in [6.07, 6.45) is -2.34. The second kappa shape index (κ2) is 4.84. The van der Waals surface area contributed by atoms with Gasteiger partial charge in [0.25, 0.3) is 6.43 Å². The fourth-order valence-corrected chi connectivity index (χ4v) is 2.48. The molecule has 1 aromatic carbocycles. The highest BCUT2D eigenvalue weighted by Gasteiger charge is 2.04. The lowest BCUT2D eigenvalue weighted by molar-refractivity contribution is 0.145. The third kappa shape index (κ3) is 2.74. The molecule has 0 aliphatic carbocycles. The van der Waals surface area contributed by atoms with Crippen LogP contribution in [0.3, 0.4) is 0 Å². The van der Waals surface area contributed by atoms with E-state index in [9.17, 15) is 13.2 Å². The Balaban J connectivity index is 2.08. The number of nitrogens with one attached hydrogen (secondary N) is 1. The van der Waals surface area contributed by atoms with Crippen LogP contribution < -0.4 is 5.32 Å². The molecule has 1 N–H and O–H groups in total. The van der Waals surface area contributed by atoms with Gasteiger partial charge in [0.15, 0.2) is 0 Å². The van der Waals surface area contributed by atoms with E-state index in [2.05, 4.69) is 5.32 Å². The Bertz CT molecular complexity index is 481. The molecule has 16 heavy (non-hydrogen) atoms. The molecule has 0 spiro atoms. The van der Waals surface area contributed by atoms with Gasteiger partial charge >= 0.3 is 0 Å². The van der Waals surface area contributed by atoms with E-state index in [4.69, 9.17) is 0 Å². The van der Waals surface area contributed by atoms with Gasteiger partial charge in [0.05, 0.1) is 6.54 Å². The number of fused-ring (bicyclic) bond motifs is 1. The highest BCUT2D eigenvalue weighted by atomic mass is 32.1. The van der Waals surface area contributed by atoms with Gasteiger partial charge in [-0.2, -0.15) is 0 Å². The Kier molecular flexibility index (Phi) is 3.46. The zero-order valence-electron chi connectivity index (χ0n) is 8.34. The second-order valence-electron chi connectivity index (χ2n) is 3.42. The predicted molar refractivity (Wildman–Crippen MR) is 59.5 cm³/mol. The molecule has 1 heterocycles. The molecular formula is C11H10F3NS. The van der Waals surface area contributed by atoms with Gasteiger partial charge < -0.3 is 5.32 Å². The maximum atomic E-state index is 12.9. The molecule has 0 saturated carbocycles. The fourth-order valence-electron chi connectivity index (χ4n) is 1.46. The lowest BCUT2D eigenvalue weighted by atomic mass is 10.2. The molecule has 0 saturated heterocycles. The minimum Gasteiger partial charge on any atom is -0.306 e. The molecule has 0 aliphatic rings. The maximum Gasteiger partial charge on any atom is 0.250 e. The van der Waals surface area contributed by atoms with Crippen LogP contribution in [0.15, 0.2) is 24.3 Å². The topological polar surface area (TPSA) is 12.0 Å². The molecule has 5 heteroatoms. The van der Waals surface area contributed by atoms with Crippen molar-refractivity contribution in [3.05, 3.63) is 35.0 Å². The Morgan fingerprint density at radius 3 is 2.81 bits per heavy atom. The summed E-state index contributed by atoms with van der Waals surface area (Å²) in [5, 5.41) is 3.46. The van der Waals surface area contributed by atoms with E-state index in [0.29, 0.717) is 6.54 Å². The number of benzene rings is 1. The van der Waals surface area contributed by atoms with E-state index < -0.39 is 6.43 Å². The van der Waals surface area contributed by atoms with E-state index in [-0.39, 0.29) is 12.4 Å². The summed E-state index contributed by atoms with van der Waals surface area (Å²) in [4.78, 5) is 0.932. The number of hydrogen-bond acceptors (Lipinski definition) is 2. The van der Waals surface area contributed by atoms with E-state index >= 15 is 0 Å². The van der Waals surface area contributed by atoms with Crippen molar-refractivity contribution in [2.24, 2.45) is 0 Å². The van der Waals surface area contributed by atoms with Crippen LogP contribution in [-0.4, -0.2) is 13.0 Å². The monoisotopic (exact) mass is 245 g/mol. The molecule has 2 aromatic rings. The normalized spacial score (nSPS) is 11.5. The van der Waals surface area contributed by atoms with Gasteiger partial charge in [-0.15, -0.1) is 11.3 Å². The Hall–Kier alpha value is -1.07. The number of alkyl halides is 2. The van der Waals surface area contributed by atoms with Crippen LogP contribution >= 0.6 is 11.3 Å². The zero-order chi connectivity index (χ0) is 11.5. The van der Waals surface area contributed by atoms with Gasteiger partial charge in [0.1, 0.15) is 5.82 Å². The van der Waals surface area contributed by atoms with Crippen LogP contribution in [0.2, 0.25) is 0 Å². The van der Waals surface area contributed by atoms with Crippen molar-refractivity contribution < 1.29 is 13.2 Å². The molecule has 2 rings (SSSR count). The number of hydrogen-bond donors (Lipinski definition) is 1. The molecule has 0 bridgehead atoms. The number of rotatable bonds is 4. The van der Waals surface area contributed by atoms with Gasteiger partial charge in [-0.25, -0.2) is 13.2 Å². The van der Waals surface area contributed by atoms with Crippen LogP contribution in [0, 0.1) is 5.82 Å². The van der Waals surface area contributed by atoms with Crippen molar-refractivity contribution in [3.63, 3.8) is 0 Å². The van der Waals surface area contributed by atoms with E-state index in [1.807, 2.05) is 6.07 Å². The van der Waals surface area contributed by atoms with Gasteiger partial charge in [0, 0.05) is 16.1 Å². The smallest absolute Gasteiger partial charge is 0.250 e. The van der Waals surface area contributed by atoms with Crippen LogP contribution in [0.5, 0.6) is 0 Å². The predicted octanol–water partition coefficient (Wildman–Crippen LogP) is 3.40. The van der Waals surface area contributed by atoms with Crippen molar-refractivity contribution in [1.82, 2.24) is 5.32 Å². The van der Waals surface area contributed by atoms with Crippen LogP contribution in [-0.2, 0) is 6.54 Å². The molecule has 0 unspecified atom stereocenters. The van der Waals surface area contributed by atoms with Gasteiger partial charge in [0.2, 0.25) is 0 Å². The van der Waals surface area contributed by atoms with Crippen molar-refractivity contribution in [2.75, 3.05) is 6.54 Å². The summed E-state index contributed by atoms with van der Waals surface area (Å²) >= 11 is 1.48. The van der Waals surface area contributed by atoms with Crippen molar-refractivity contribution in [2.45, 2.75) is 13.0 Å². The highest BCUT2D eigenvalue weighted by Crippen LogP contribution is 2.26. The van der Waals surface area contributed by atoms with Crippen LogP contribution in [0.4, 0.5) is 13.2 Å². The standard InChI is InChI=1S/C11H10F3NS/c12-8-1-2-10-7(3-8)4-9(16-10)5-15-6-11(13)14/h1-4,11,15H,5-6H2. The van der Waals surface area contributed by atoms with E-state index in [0.717, 1.165) is 15.0 Å². The van der Waals surface area contributed by atoms with Crippen molar-refractivity contribution >= 4 is 21.4 Å². The summed E-state index contributed by atoms with van der Waals surface area (Å²) in [6.45, 7) is 0.0773. The number of thiophene rings is 1. The minimum absolute atomic E-state index is 0.280. The first-order valence-corrected chi connectivity index (χ1v) is 5.63. The van der Waals surface area contributed by atoms with E-state index in [1.54, 1.807) is 6.07 Å². The molecular weight excluding hydrogens is 235 g/mol. The third-order valence-corrected chi connectivity index (χ3v) is 3.24. The molecule has 0 radical (unpaired) electrons. The Labute approximate surface area is 94.9 Å². The SMILES string of the molecule is Fc1ccc2sc(CNCC(F)F)cc2c1. The third-order valence-electron chi connectivity index (χ3n) is 2.13. The fraction of sp³-hybridized carbons (Fsp3) is 0.273. The average Bonchev–Trinajstić information content (AvgIpc) is 2.58. The summed E-state index contributed by atoms with van der Waals surface area (Å²) < 4.78 is 37.6. The van der Waals surface area contributed by atoms with Gasteiger partial charge in [-0.05, 0) is 29.7 Å². The highest BCUT2D eigenvalue weighted by molar-refractivity contribution is 7.19. The summed E-state index contributed by atoms with van der Waals surface area (Å²) in [7, 11) is 0. The van der Waals surface area contributed by atoms with Crippen LogP contribution in [0.1, 0.15) is 4.88 Å². The van der Waals surface area contributed by atoms with Gasteiger partial charge in [-0.3, -0.25) is 0 Å². The van der Waals surface area contributed by atoms with Crippen molar-refractivity contribution in [1.29, 1.82) is 0 Å².